The highest BCUT2D eigenvalue weighted by atomic mass is 16.5. The Morgan fingerprint density at radius 2 is 1.71 bits per heavy atom. The number of aryl methyl sites for hydroxylation is 1. The molecule has 1 aromatic heterocycles. The van der Waals surface area contributed by atoms with Crippen LogP contribution in [-0.2, 0) is 11.3 Å². The van der Waals surface area contributed by atoms with Crippen LogP contribution in [0.15, 0.2) is 60.7 Å². The van der Waals surface area contributed by atoms with Gasteiger partial charge in [-0.1, -0.05) is 18.2 Å². The number of Topliss-reactive ketones (excluding diaryl/α,β-unsaturated/α-hetero) is 1. The summed E-state index contributed by atoms with van der Waals surface area (Å²) in [5, 5.41) is 5.14. The van der Waals surface area contributed by atoms with E-state index in [2.05, 4.69) is 28.9 Å². The highest BCUT2D eigenvalue weighted by Crippen LogP contribution is 2.31. The normalized spacial score (nSPS) is 10.9. The summed E-state index contributed by atoms with van der Waals surface area (Å²) >= 11 is 0. The number of ether oxygens (including phenoxy) is 2. The SMILES string of the molecule is CCn1c2ccccc2c2cc(NC(=O)COc3ccc(C(C)=O)cc3OC)ccc21. The number of carbonyl (C=O) groups is 2. The van der Waals surface area contributed by atoms with E-state index in [0.717, 1.165) is 22.8 Å². The molecule has 6 nitrogen and oxygen atoms in total. The van der Waals surface area contributed by atoms with Crippen LogP contribution in [0.25, 0.3) is 21.8 Å². The minimum Gasteiger partial charge on any atom is -0.493 e. The third-order valence-corrected chi connectivity index (χ3v) is 5.30. The molecule has 3 aromatic carbocycles. The molecule has 1 N–H and O–H groups in total. The standard InChI is InChI=1S/C25H24N2O4/c1-4-27-21-8-6-5-7-19(21)20-14-18(10-11-22(20)27)26-25(29)15-31-23-12-9-17(16(2)28)13-24(23)30-3/h5-14H,4,15H2,1-3H3,(H,26,29). The van der Waals surface area contributed by atoms with Gasteiger partial charge in [-0.2, -0.15) is 0 Å². The molecule has 4 aromatic rings. The smallest absolute Gasteiger partial charge is 0.262 e. The molecule has 0 fully saturated rings. The molecular formula is C25H24N2O4. The van der Waals surface area contributed by atoms with E-state index in [0.29, 0.717) is 22.7 Å². The van der Waals surface area contributed by atoms with E-state index in [1.165, 1.54) is 19.6 Å². The number of ketones is 1. The molecule has 0 unspecified atom stereocenters. The number of fused-ring (bicyclic) bond motifs is 3. The minimum absolute atomic E-state index is 0.0672. The Morgan fingerprint density at radius 3 is 2.45 bits per heavy atom. The van der Waals surface area contributed by atoms with E-state index in [4.69, 9.17) is 9.47 Å². The number of hydrogen-bond donors (Lipinski definition) is 1. The second-order valence-corrected chi connectivity index (χ2v) is 7.25. The van der Waals surface area contributed by atoms with E-state index in [9.17, 15) is 9.59 Å². The van der Waals surface area contributed by atoms with Crippen molar-refractivity contribution in [1.82, 2.24) is 4.57 Å². The van der Waals surface area contributed by atoms with Gasteiger partial charge in [0, 0.05) is 39.6 Å². The Bertz CT molecular complexity index is 1290. The molecule has 0 aliphatic heterocycles. The second kappa shape index (κ2) is 8.52. The Balaban J connectivity index is 1.51. The predicted octanol–water partition coefficient (Wildman–Crippen LogP) is 5.04. The van der Waals surface area contributed by atoms with Crippen molar-refractivity contribution < 1.29 is 19.1 Å². The van der Waals surface area contributed by atoms with Crippen molar-refractivity contribution in [3.63, 3.8) is 0 Å². The lowest BCUT2D eigenvalue weighted by molar-refractivity contribution is -0.118. The molecule has 0 saturated heterocycles. The molecule has 1 heterocycles. The molecule has 0 radical (unpaired) electrons. The van der Waals surface area contributed by atoms with Gasteiger partial charge in [-0.3, -0.25) is 9.59 Å². The summed E-state index contributed by atoms with van der Waals surface area (Å²) in [6, 6.07) is 19.1. The quantitative estimate of drug-likeness (QED) is 0.429. The van der Waals surface area contributed by atoms with Crippen molar-refractivity contribution in [3.8, 4) is 11.5 Å². The van der Waals surface area contributed by atoms with Gasteiger partial charge in [-0.15, -0.1) is 0 Å². The molecule has 6 heteroatoms. The number of nitrogens with one attached hydrogen (secondary N) is 1. The minimum atomic E-state index is -0.281. The number of rotatable bonds is 7. The first-order valence-corrected chi connectivity index (χ1v) is 10.1. The maximum Gasteiger partial charge on any atom is 0.262 e. The van der Waals surface area contributed by atoms with Gasteiger partial charge in [-0.05, 0) is 56.3 Å². The summed E-state index contributed by atoms with van der Waals surface area (Å²) in [4.78, 5) is 24.0. The number of hydrogen-bond acceptors (Lipinski definition) is 4. The van der Waals surface area contributed by atoms with Crippen LogP contribution in [0.4, 0.5) is 5.69 Å². The molecule has 158 valence electrons. The first kappa shape index (κ1) is 20.5. The number of carbonyl (C=O) groups excluding carboxylic acids is 2. The highest BCUT2D eigenvalue weighted by molar-refractivity contribution is 6.09. The zero-order valence-corrected chi connectivity index (χ0v) is 17.8. The zero-order chi connectivity index (χ0) is 22.0. The number of benzene rings is 3. The van der Waals surface area contributed by atoms with Crippen LogP contribution in [0.5, 0.6) is 11.5 Å². The van der Waals surface area contributed by atoms with Crippen molar-refractivity contribution in [1.29, 1.82) is 0 Å². The van der Waals surface area contributed by atoms with Gasteiger partial charge in [0.2, 0.25) is 0 Å². The summed E-state index contributed by atoms with van der Waals surface area (Å²) in [5.41, 5.74) is 3.54. The summed E-state index contributed by atoms with van der Waals surface area (Å²) < 4.78 is 13.2. The number of para-hydroxylation sites is 1. The van der Waals surface area contributed by atoms with Crippen LogP contribution in [0.2, 0.25) is 0 Å². The summed E-state index contributed by atoms with van der Waals surface area (Å²) in [5.74, 6) is 0.470. The van der Waals surface area contributed by atoms with E-state index in [-0.39, 0.29) is 18.3 Å². The fourth-order valence-corrected chi connectivity index (χ4v) is 3.82. The number of aromatic nitrogens is 1. The Labute approximate surface area is 180 Å². The lowest BCUT2D eigenvalue weighted by Gasteiger charge is -2.12. The van der Waals surface area contributed by atoms with Crippen LogP contribution in [0, 0.1) is 0 Å². The van der Waals surface area contributed by atoms with Crippen molar-refractivity contribution in [2.45, 2.75) is 20.4 Å². The molecular weight excluding hydrogens is 392 g/mol. The van der Waals surface area contributed by atoms with Gasteiger partial charge < -0.3 is 19.4 Å². The molecule has 0 aliphatic rings. The fourth-order valence-electron chi connectivity index (χ4n) is 3.82. The lowest BCUT2D eigenvalue weighted by Crippen LogP contribution is -2.20. The van der Waals surface area contributed by atoms with Crippen LogP contribution in [0.1, 0.15) is 24.2 Å². The Hall–Kier alpha value is -3.80. The van der Waals surface area contributed by atoms with Crippen molar-refractivity contribution >= 4 is 39.2 Å². The molecule has 0 aliphatic carbocycles. The van der Waals surface area contributed by atoms with Crippen LogP contribution < -0.4 is 14.8 Å². The molecule has 1 amide bonds. The molecule has 31 heavy (non-hydrogen) atoms. The Morgan fingerprint density at radius 1 is 0.935 bits per heavy atom. The number of amides is 1. The van der Waals surface area contributed by atoms with Crippen LogP contribution in [0.3, 0.4) is 0 Å². The molecule has 0 spiro atoms. The Kier molecular flexibility index (Phi) is 5.62. The van der Waals surface area contributed by atoms with Crippen molar-refractivity contribution in [3.05, 3.63) is 66.2 Å². The zero-order valence-electron chi connectivity index (χ0n) is 17.8. The van der Waals surface area contributed by atoms with Gasteiger partial charge in [0.15, 0.2) is 23.9 Å². The maximum atomic E-state index is 12.5. The van der Waals surface area contributed by atoms with Crippen molar-refractivity contribution in [2.24, 2.45) is 0 Å². The van der Waals surface area contributed by atoms with E-state index >= 15 is 0 Å². The van der Waals surface area contributed by atoms with Crippen LogP contribution >= 0.6 is 0 Å². The van der Waals surface area contributed by atoms with Gasteiger partial charge in [-0.25, -0.2) is 0 Å². The first-order valence-electron chi connectivity index (χ1n) is 10.1. The average Bonchev–Trinajstić information content (AvgIpc) is 3.10. The van der Waals surface area contributed by atoms with Crippen molar-refractivity contribution in [2.75, 3.05) is 19.0 Å². The molecule has 0 atom stereocenters. The topological polar surface area (TPSA) is 69.6 Å². The summed E-state index contributed by atoms with van der Waals surface area (Å²) in [7, 11) is 1.49. The first-order chi connectivity index (χ1) is 15.0. The van der Waals surface area contributed by atoms with Gasteiger partial charge >= 0.3 is 0 Å². The van der Waals surface area contributed by atoms with Gasteiger partial charge in [0.05, 0.1) is 7.11 Å². The monoisotopic (exact) mass is 416 g/mol. The van der Waals surface area contributed by atoms with Crippen LogP contribution in [-0.4, -0.2) is 30.0 Å². The second-order valence-electron chi connectivity index (χ2n) is 7.25. The number of methoxy groups -OCH3 is 1. The molecule has 0 bridgehead atoms. The fraction of sp³-hybridized carbons (Fsp3) is 0.200. The van der Waals surface area contributed by atoms with E-state index in [1.807, 2.05) is 30.3 Å². The lowest BCUT2D eigenvalue weighted by atomic mass is 10.1. The van der Waals surface area contributed by atoms with E-state index < -0.39 is 0 Å². The average molecular weight is 416 g/mol. The number of anilines is 1. The third-order valence-electron chi connectivity index (χ3n) is 5.30. The molecule has 0 saturated carbocycles. The molecule has 4 rings (SSSR count). The van der Waals surface area contributed by atoms with Gasteiger partial charge in [0.1, 0.15) is 0 Å². The highest BCUT2D eigenvalue weighted by Gasteiger charge is 2.13. The number of nitrogens with zero attached hydrogens (tertiary/aromatic N) is 1. The van der Waals surface area contributed by atoms with E-state index in [1.54, 1.807) is 18.2 Å². The third kappa shape index (κ3) is 3.97. The maximum absolute atomic E-state index is 12.5. The predicted molar refractivity (Wildman–Crippen MR) is 122 cm³/mol. The summed E-state index contributed by atoms with van der Waals surface area (Å²) in [6.45, 7) is 4.30. The summed E-state index contributed by atoms with van der Waals surface area (Å²) in [6.07, 6.45) is 0. The largest absolute Gasteiger partial charge is 0.493 e. The van der Waals surface area contributed by atoms with Gasteiger partial charge in [0.25, 0.3) is 5.91 Å².